The summed E-state index contributed by atoms with van der Waals surface area (Å²) in [5.41, 5.74) is 1.17. The van der Waals surface area contributed by atoms with Crippen molar-refractivity contribution in [2.45, 2.75) is 32.7 Å². The number of aliphatic imine (C=N–C) groups is 1. The predicted octanol–water partition coefficient (Wildman–Crippen LogP) is 2.81. The summed E-state index contributed by atoms with van der Waals surface area (Å²) >= 11 is 0. The normalized spacial score (nSPS) is 21.2. The fraction of sp³-hybridized carbons (Fsp3) is 0.696. The summed E-state index contributed by atoms with van der Waals surface area (Å²) in [4.78, 5) is 9.80. The van der Waals surface area contributed by atoms with E-state index in [1.54, 1.807) is 7.11 Å². The van der Waals surface area contributed by atoms with Gasteiger partial charge in [-0.1, -0.05) is 19.1 Å². The average Bonchev–Trinajstić information content (AvgIpc) is 2.78. The molecule has 2 heterocycles. The topological polar surface area (TPSA) is 61.4 Å². The summed E-state index contributed by atoms with van der Waals surface area (Å²) in [5, 5.41) is 7.10. The minimum Gasteiger partial charge on any atom is -0.495 e. The Balaban J connectivity index is 0.00000341. The van der Waals surface area contributed by atoms with Gasteiger partial charge in [-0.25, -0.2) is 0 Å². The lowest BCUT2D eigenvalue weighted by atomic mass is 10.0. The number of benzene rings is 1. The number of methoxy groups -OCH3 is 1. The van der Waals surface area contributed by atoms with Crippen molar-refractivity contribution in [1.82, 2.24) is 15.5 Å². The third-order valence-corrected chi connectivity index (χ3v) is 5.77. The maximum Gasteiger partial charge on any atom is 0.191 e. The third-order valence-electron chi connectivity index (χ3n) is 5.77. The number of rotatable bonds is 8. The summed E-state index contributed by atoms with van der Waals surface area (Å²) < 4.78 is 11.0. The van der Waals surface area contributed by atoms with Gasteiger partial charge in [-0.2, -0.15) is 0 Å². The van der Waals surface area contributed by atoms with Crippen molar-refractivity contribution in [3.8, 4) is 5.75 Å². The molecule has 1 aromatic rings. The van der Waals surface area contributed by atoms with Gasteiger partial charge in [0.1, 0.15) is 5.75 Å². The molecule has 2 N–H and O–H groups in total. The molecular weight excluding hydrogens is 505 g/mol. The first-order chi connectivity index (χ1) is 14.7. The summed E-state index contributed by atoms with van der Waals surface area (Å²) in [6.07, 6.45) is 2.31. The lowest BCUT2D eigenvalue weighted by molar-refractivity contribution is 0.0323. The van der Waals surface area contributed by atoms with E-state index in [-0.39, 0.29) is 24.0 Å². The molecule has 2 unspecified atom stereocenters. The quantitative estimate of drug-likeness (QED) is 0.298. The van der Waals surface area contributed by atoms with Crippen LogP contribution < -0.4 is 20.3 Å². The monoisotopic (exact) mass is 545 g/mol. The molecular formula is C23H40IN5O2. The zero-order valence-electron chi connectivity index (χ0n) is 19.3. The fourth-order valence-electron chi connectivity index (χ4n) is 4.25. The van der Waals surface area contributed by atoms with Gasteiger partial charge in [-0.05, 0) is 37.8 Å². The summed E-state index contributed by atoms with van der Waals surface area (Å²) in [7, 11) is 1.74. The SMILES string of the molecule is CCNC(=NCC(C)CN1CCOCC1)NC1CCCN(c2ccccc2OC)C1.I. The van der Waals surface area contributed by atoms with Gasteiger partial charge in [0.15, 0.2) is 5.96 Å². The number of hydrogen-bond acceptors (Lipinski definition) is 5. The molecule has 0 bridgehead atoms. The highest BCUT2D eigenvalue weighted by Crippen LogP contribution is 2.29. The Bertz CT molecular complexity index is 669. The molecule has 0 aliphatic carbocycles. The molecule has 176 valence electrons. The van der Waals surface area contributed by atoms with E-state index >= 15 is 0 Å². The lowest BCUT2D eigenvalue weighted by Crippen LogP contribution is -2.51. The van der Waals surface area contributed by atoms with Crippen LogP contribution in [-0.4, -0.2) is 83.0 Å². The zero-order chi connectivity index (χ0) is 21.2. The van der Waals surface area contributed by atoms with Crippen molar-refractivity contribution in [2.24, 2.45) is 10.9 Å². The van der Waals surface area contributed by atoms with Gasteiger partial charge in [0.05, 0.1) is 26.0 Å². The Morgan fingerprint density at radius 1 is 1.26 bits per heavy atom. The molecule has 7 nitrogen and oxygen atoms in total. The van der Waals surface area contributed by atoms with Crippen LogP contribution in [-0.2, 0) is 4.74 Å². The van der Waals surface area contributed by atoms with Crippen LogP contribution in [0.4, 0.5) is 5.69 Å². The van der Waals surface area contributed by atoms with Crippen molar-refractivity contribution >= 4 is 35.6 Å². The summed E-state index contributed by atoms with van der Waals surface area (Å²) in [6.45, 7) is 13.0. The third kappa shape index (κ3) is 8.31. The molecule has 1 aromatic carbocycles. The first-order valence-corrected chi connectivity index (χ1v) is 11.4. The molecule has 2 aliphatic heterocycles. The van der Waals surface area contributed by atoms with Gasteiger partial charge in [-0.15, -0.1) is 24.0 Å². The van der Waals surface area contributed by atoms with E-state index in [0.29, 0.717) is 12.0 Å². The molecule has 0 saturated carbocycles. The average molecular weight is 546 g/mol. The van der Waals surface area contributed by atoms with Crippen LogP contribution in [0.15, 0.2) is 29.3 Å². The maximum atomic E-state index is 5.57. The highest BCUT2D eigenvalue weighted by atomic mass is 127. The van der Waals surface area contributed by atoms with Crippen LogP contribution in [0.3, 0.4) is 0 Å². The molecule has 0 aromatic heterocycles. The molecule has 2 fully saturated rings. The number of halogens is 1. The Morgan fingerprint density at radius 3 is 2.77 bits per heavy atom. The molecule has 2 aliphatic rings. The number of hydrogen-bond donors (Lipinski definition) is 2. The van der Waals surface area contributed by atoms with Crippen LogP contribution in [0, 0.1) is 5.92 Å². The van der Waals surface area contributed by atoms with Crippen LogP contribution in [0.2, 0.25) is 0 Å². The molecule has 0 spiro atoms. The molecule has 0 radical (unpaired) electrons. The van der Waals surface area contributed by atoms with Crippen LogP contribution >= 0.6 is 24.0 Å². The predicted molar refractivity (Wildman–Crippen MR) is 139 cm³/mol. The van der Waals surface area contributed by atoms with Crippen molar-refractivity contribution in [3.05, 3.63) is 24.3 Å². The van der Waals surface area contributed by atoms with Gasteiger partial charge < -0.3 is 25.0 Å². The Hall–Kier alpha value is -1.26. The second-order valence-corrected chi connectivity index (χ2v) is 8.34. The van der Waals surface area contributed by atoms with E-state index in [1.165, 1.54) is 5.69 Å². The van der Waals surface area contributed by atoms with Crippen LogP contribution in [0.5, 0.6) is 5.75 Å². The molecule has 8 heteroatoms. The zero-order valence-corrected chi connectivity index (χ0v) is 21.6. The Morgan fingerprint density at radius 2 is 2.03 bits per heavy atom. The van der Waals surface area contributed by atoms with Crippen molar-refractivity contribution in [3.63, 3.8) is 0 Å². The molecule has 2 atom stereocenters. The van der Waals surface area contributed by atoms with Gasteiger partial charge in [0.2, 0.25) is 0 Å². The number of nitrogens with zero attached hydrogens (tertiary/aromatic N) is 3. The standard InChI is InChI=1S/C23H39N5O2.HI/c1-4-24-23(25-16-19(2)17-27-12-14-30-15-13-27)26-20-8-7-11-28(18-20)21-9-5-6-10-22(21)29-3;/h5-6,9-10,19-20H,4,7-8,11-18H2,1-3H3,(H2,24,25,26);1H. The minimum absolute atomic E-state index is 0. The number of piperidine rings is 1. The number of anilines is 1. The fourth-order valence-corrected chi connectivity index (χ4v) is 4.25. The number of guanidine groups is 1. The van der Waals surface area contributed by atoms with E-state index in [9.17, 15) is 0 Å². The number of para-hydroxylation sites is 2. The summed E-state index contributed by atoms with van der Waals surface area (Å²) in [6, 6.07) is 8.66. The first-order valence-electron chi connectivity index (χ1n) is 11.4. The lowest BCUT2D eigenvalue weighted by Gasteiger charge is -2.36. The number of nitrogens with one attached hydrogen (secondary N) is 2. The maximum absolute atomic E-state index is 5.57. The summed E-state index contributed by atoms with van der Waals surface area (Å²) in [5.74, 6) is 2.39. The first kappa shape index (κ1) is 26.0. The van der Waals surface area contributed by atoms with Crippen molar-refractivity contribution in [2.75, 3.05) is 71.0 Å². The molecule has 0 amide bonds. The minimum atomic E-state index is 0. The number of morpholine rings is 1. The van der Waals surface area contributed by atoms with Gasteiger partial charge in [0.25, 0.3) is 0 Å². The second kappa shape index (κ2) is 14.0. The highest BCUT2D eigenvalue weighted by molar-refractivity contribution is 14.0. The largest absolute Gasteiger partial charge is 0.495 e. The Kier molecular flexibility index (Phi) is 11.7. The van der Waals surface area contributed by atoms with Crippen LogP contribution in [0.25, 0.3) is 0 Å². The van der Waals surface area contributed by atoms with Gasteiger partial charge in [0, 0.05) is 51.9 Å². The van der Waals surface area contributed by atoms with E-state index in [0.717, 1.165) is 83.6 Å². The van der Waals surface area contributed by atoms with Crippen LogP contribution in [0.1, 0.15) is 26.7 Å². The van der Waals surface area contributed by atoms with E-state index < -0.39 is 0 Å². The van der Waals surface area contributed by atoms with Crippen molar-refractivity contribution in [1.29, 1.82) is 0 Å². The van der Waals surface area contributed by atoms with E-state index in [2.05, 4.69) is 46.4 Å². The smallest absolute Gasteiger partial charge is 0.191 e. The molecule has 2 saturated heterocycles. The van der Waals surface area contributed by atoms with Crippen molar-refractivity contribution < 1.29 is 9.47 Å². The molecule has 31 heavy (non-hydrogen) atoms. The van der Waals surface area contributed by atoms with Gasteiger partial charge in [-0.3, -0.25) is 9.89 Å². The second-order valence-electron chi connectivity index (χ2n) is 8.34. The van der Waals surface area contributed by atoms with E-state index in [1.807, 2.05) is 12.1 Å². The number of ether oxygens (including phenoxy) is 2. The van der Waals surface area contributed by atoms with E-state index in [4.69, 9.17) is 14.5 Å². The Labute approximate surface area is 205 Å². The molecule has 3 rings (SSSR count). The van der Waals surface area contributed by atoms with Gasteiger partial charge >= 0.3 is 0 Å². The highest BCUT2D eigenvalue weighted by Gasteiger charge is 2.23.